The van der Waals surface area contributed by atoms with Crippen molar-refractivity contribution < 1.29 is 14.3 Å². The number of hydrogen-bond donors (Lipinski definition) is 2. The van der Waals surface area contributed by atoms with E-state index in [4.69, 9.17) is 4.74 Å². The van der Waals surface area contributed by atoms with Crippen LogP contribution in [0, 0.1) is 0 Å². The lowest BCUT2D eigenvalue weighted by Crippen LogP contribution is -2.40. The van der Waals surface area contributed by atoms with Crippen LogP contribution in [0.1, 0.15) is 51.2 Å². The van der Waals surface area contributed by atoms with Gasteiger partial charge in [0.25, 0.3) is 0 Å². The van der Waals surface area contributed by atoms with Gasteiger partial charge in [0.05, 0.1) is 5.54 Å². The zero-order chi connectivity index (χ0) is 19.7. The Bertz CT molecular complexity index is 825. The average Bonchev–Trinajstić information content (AvgIpc) is 3.29. The molecule has 2 amide bonds. The lowest BCUT2D eigenvalue weighted by molar-refractivity contribution is -0.114. The summed E-state index contributed by atoms with van der Waals surface area (Å²) in [6, 6.07) is 17.8. The Balaban J connectivity index is 1.87. The zero-order valence-corrected chi connectivity index (χ0v) is 16.2. The van der Waals surface area contributed by atoms with E-state index in [1.54, 1.807) is 0 Å². The zero-order valence-electron chi connectivity index (χ0n) is 16.2. The van der Waals surface area contributed by atoms with E-state index >= 15 is 0 Å². The molecule has 142 valence electrons. The molecule has 27 heavy (non-hydrogen) atoms. The van der Waals surface area contributed by atoms with Crippen LogP contribution in [0.15, 0.2) is 54.6 Å². The van der Waals surface area contributed by atoms with Gasteiger partial charge >= 0.3 is 6.09 Å². The molecule has 0 radical (unpaired) electrons. The van der Waals surface area contributed by atoms with E-state index in [-0.39, 0.29) is 11.8 Å². The molecule has 2 N–H and O–H groups in total. The molecule has 2 unspecified atom stereocenters. The maximum Gasteiger partial charge on any atom is 0.408 e. The third-order valence-corrected chi connectivity index (χ3v) is 4.61. The van der Waals surface area contributed by atoms with Crippen molar-refractivity contribution >= 4 is 17.7 Å². The Hall–Kier alpha value is -2.82. The van der Waals surface area contributed by atoms with Crippen LogP contribution in [0.3, 0.4) is 0 Å². The first kappa shape index (κ1) is 19.0. The molecule has 5 nitrogen and oxygen atoms in total. The minimum Gasteiger partial charge on any atom is -0.444 e. The summed E-state index contributed by atoms with van der Waals surface area (Å²) in [5.74, 6) is 0.0655. The van der Waals surface area contributed by atoms with E-state index in [9.17, 15) is 9.59 Å². The predicted octanol–water partition coefficient (Wildman–Crippen LogP) is 4.55. The molecule has 0 heterocycles. The topological polar surface area (TPSA) is 67.4 Å². The fourth-order valence-electron chi connectivity index (χ4n) is 3.42. The predicted molar refractivity (Wildman–Crippen MR) is 106 cm³/mol. The second-order valence-electron chi connectivity index (χ2n) is 8.02. The second kappa shape index (κ2) is 7.06. The molecule has 1 aliphatic carbocycles. The van der Waals surface area contributed by atoms with E-state index in [0.717, 1.165) is 17.7 Å². The highest BCUT2D eigenvalue weighted by Gasteiger charge is 2.57. The number of benzene rings is 2. The highest BCUT2D eigenvalue weighted by Crippen LogP contribution is 2.58. The first-order chi connectivity index (χ1) is 12.7. The van der Waals surface area contributed by atoms with Crippen LogP contribution in [0.2, 0.25) is 0 Å². The average molecular weight is 366 g/mol. The molecule has 2 aromatic carbocycles. The van der Waals surface area contributed by atoms with Gasteiger partial charge < -0.3 is 15.4 Å². The minimum absolute atomic E-state index is 0.113. The van der Waals surface area contributed by atoms with Gasteiger partial charge in [0.1, 0.15) is 5.60 Å². The van der Waals surface area contributed by atoms with Gasteiger partial charge in [-0.3, -0.25) is 4.79 Å². The summed E-state index contributed by atoms with van der Waals surface area (Å²) in [4.78, 5) is 23.7. The van der Waals surface area contributed by atoms with Crippen molar-refractivity contribution in [2.24, 2.45) is 0 Å². The van der Waals surface area contributed by atoms with E-state index in [1.807, 2.05) is 63.2 Å². The molecule has 0 saturated heterocycles. The normalized spacial score (nSPS) is 21.3. The summed E-state index contributed by atoms with van der Waals surface area (Å²) in [6.45, 7) is 7.03. The first-order valence-corrected chi connectivity index (χ1v) is 9.14. The van der Waals surface area contributed by atoms with Gasteiger partial charge in [-0.25, -0.2) is 4.79 Å². The Labute approximate surface area is 160 Å². The molecule has 3 rings (SSSR count). The highest BCUT2D eigenvalue weighted by molar-refractivity contribution is 5.88. The highest BCUT2D eigenvalue weighted by atomic mass is 16.6. The van der Waals surface area contributed by atoms with Gasteiger partial charge in [0.2, 0.25) is 5.91 Å². The molecule has 0 spiro atoms. The number of carbonyl (C=O) groups is 2. The Morgan fingerprint density at radius 1 is 1.04 bits per heavy atom. The summed E-state index contributed by atoms with van der Waals surface area (Å²) in [5, 5.41) is 5.87. The van der Waals surface area contributed by atoms with Crippen LogP contribution in [-0.4, -0.2) is 17.6 Å². The van der Waals surface area contributed by atoms with Gasteiger partial charge in [0, 0.05) is 18.5 Å². The SMILES string of the molecule is CC(=O)Nc1ccc(C2(NC(=O)OC(C)(C)C)CC2c2ccccc2)cc1. The van der Waals surface area contributed by atoms with Gasteiger partial charge in [-0.15, -0.1) is 0 Å². The first-order valence-electron chi connectivity index (χ1n) is 9.14. The van der Waals surface area contributed by atoms with Crippen molar-refractivity contribution in [2.45, 2.75) is 51.2 Å². The van der Waals surface area contributed by atoms with E-state index < -0.39 is 17.2 Å². The van der Waals surface area contributed by atoms with Crippen LogP contribution >= 0.6 is 0 Å². The summed E-state index contributed by atoms with van der Waals surface area (Å²) < 4.78 is 5.49. The Morgan fingerprint density at radius 2 is 1.67 bits per heavy atom. The third kappa shape index (κ3) is 4.48. The molecule has 0 aromatic heterocycles. The van der Waals surface area contributed by atoms with Crippen molar-refractivity contribution in [3.05, 3.63) is 65.7 Å². The van der Waals surface area contributed by atoms with Crippen molar-refractivity contribution in [3.8, 4) is 0 Å². The van der Waals surface area contributed by atoms with Crippen LogP contribution in [-0.2, 0) is 15.1 Å². The van der Waals surface area contributed by atoms with Gasteiger partial charge in [0.15, 0.2) is 0 Å². The van der Waals surface area contributed by atoms with E-state index in [0.29, 0.717) is 0 Å². The summed E-state index contributed by atoms with van der Waals surface area (Å²) >= 11 is 0. The quantitative estimate of drug-likeness (QED) is 0.834. The molecule has 2 atom stereocenters. The molecular weight excluding hydrogens is 340 g/mol. The van der Waals surface area contributed by atoms with Gasteiger partial charge in [-0.2, -0.15) is 0 Å². The molecule has 1 saturated carbocycles. The molecule has 5 heteroatoms. The number of nitrogens with one attached hydrogen (secondary N) is 2. The molecule has 1 fully saturated rings. The molecule has 2 aromatic rings. The molecular formula is C22H26N2O3. The van der Waals surface area contributed by atoms with Gasteiger partial charge in [-0.05, 0) is 50.5 Å². The maximum absolute atomic E-state index is 12.5. The number of alkyl carbamates (subject to hydrolysis) is 1. The number of amides is 2. The van der Waals surface area contributed by atoms with Crippen molar-refractivity contribution in [3.63, 3.8) is 0 Å². The van der Waals surface area contributed by atoms with Crippen LogP contribution in [0.25, 0.3) is 0 Å². The van der Waals surface area contributed by atoms with Crippen molar-refractivity contribution in [1.82, 2.24) is 5.32 Å². The Kier molecular flexibility index (Phi) is 4.96. The fourth-order valence-corrected chi connectivity index (χ4v) is 3.42. The van der Waals surface area contributed by atoms with Crippen LogP contribution in [0.5, 0.6) is 0 Å². The standard InChI is InChI=1S/C22H26N2O3/c1-15(25)23-18-12-10-17(11-13-18)22(24-20(26)27-21(2,3)4)14-19(22)16-8-6-5-7-9-16/h5-13,19H,14H2,1-4H3,(H,23,25)(H,24,26). The molecule has 0 bridgehead atoms. The number of carbonyl (C=O) groups excluding carboxylic acids is 2. The number of anilines is 1. The monoisotopic (exact) mass is 366 g/mol. The molecule has 0 aliphatic heterocycles. The minimum atomic E-state index is -0.558. The fraction of sp³-hybridized carbons (Fsp3) is 0.364. The molecule has 1 aliphatic rings. The largest absolute Gasteiger partial charge is 0.444 e. The van der Waals surface area contributed by atoms with E-state index in [2.05, 4.69) is 22.8 Å². The Morgan fingerprint density at radius 3 is 2.22 bits per heavy atom. The number of rotatable bonds is 4. The summed E-state index contributed by atoms with van der Waals surface area (Å²) in [6.07, 6.45) is 0.377. The number of ether oxygens (including phenoxy) is 1. The van der Waals surface area contributed by atoms with Gasteiger partial charge in [-0.1, -0.05) is 42.5 Å². The summed E-state index contributed by atoms with van der Waals surface area (Å²) in [5.41, 5.74) is 1.85. The van der Waals surface area contributed by atoms with E-state index in [1.165, 1.54) is 12.5 Å². The summed E-state index contributed by atoms with van der Waals surface area (Å²) in [7, 11) is 0. The second-order valence-corrected chi connectivity index (χ2v) is 8.02. The third-order valence-electron chi connectivity index (χ3n) is 4.61. The maximum atomic E-state index is 12.5. The van der Waals surface area contributed by atoms with Crippen molar-refractivity contribution in [2.75, 3.05) is 5.32 Å². The van der Waals surface area contributed by atoms with Crippen molar-refractivity contribution in [1.29, 1.82) is 0 Å². The van der Waals surface area contributed by atoms with Crippen LogP contribution < -0.4 is 10.6 Å². The lowest BCUT2D eigenvalue weighted by atomic mass is 9.98. The van der Waals surface area contributed by atoms with Crippen LogP contribution in [0.4, 0.5) is 10.5 Å². The lowest BCUT2D eigenvalue weighted by Gasteiger charge is -2.25. The number of hydrogen-bond acceptors (Lipinski definition) is 3. The smallest absolute Gasteiger partial charge is 0.408 e.